The fourth-order valence-electron chi connectivity index (χ4n) is 1.72. The predicted octanol–water partition coefficient (Wildman–Crippen LogP) is 1.55. The SMILES string of the molecule is CCCc1nnsc1C(=O)N(C)CC(C)(C)CN. The lowest BCUT2D eigenvalue weighted by Gasteiger charge is -2.28. The van der Waals surface area contributed by atoms with Gasteiger partial charge in [-0.15, -0.1) is 5.10 Å². The highest BCUT2D eigenvalue weighted by atomic mass is 32.1. The number of aromatic nitrogens is 2. The second-order valence-electron chi connectivity index (χ2n) is 5.33. The van der Waals surface area contributed by atoms with E-state index in [0.29, 0.717) is 18.0 Å². The Morgan fingerprint density at radius 3 is 2.72 bits per heavy atom. The van der Waals surface area contributed by atoms with E-state index in [1.807, 2.05) is 0 Å². The highest BCUT2D eigenvalue weighted by Gasteiger charge is 2.24. The number of rotatable bonds is 6. The van der Waals surface area contributed by atoms with Crippen molar-refractivity contribution in [1.29, 1.82) is 0 Å². The molecule has 1 aromatic rings. The summed E-state index contributed by atoms with van der Waals surface area (Å²) in [6.45, 7) is 7.34. The lowest BCUT2D eigenvalue weighted by molar-refractivity contribution is 0.0744. The molecule has 0 bridgehead atoms. The predicted molar refractivity (Wildman–Crippen MR) is 73.7 cm³/mol. The smallest absolute Gasteiger partial charge is 0.267 e. The number of carbonyl (C=O) groups excluding carboxylic acids is 1. The minimum atomic E-state index is -0.0759. The molecule has 0 atom stereocenters. The van der Waals surface area contributed by atoms with Crippen LogP contribution < -0.4 is 5.73 Å². The Balaban J connectivity index is 2.77. The summed E-state index contributed by atoms with van der Waals surface area (Å²) in [4.78, 5) is 14.7. The van der Waals surface area contributed by atoms with Gasteiger partial charge in [0.25, 0.3) is 5.91 Å². The third-order valence-corrected chi connectivity index (χ3v) is 3.56. The van der Waals surface area contributed by atoms with Crippen molar-refractivity contribution in [3.05, 3.63) is 10.6 Å². The molecular formula is C12H22N4OS. The maximum absolute atomic E-state index is 12.3. The Kier molecular flexibility index (Phi) is 5.22. The van der Waals surface area contributed by atoms with E-state index in [9.17, 15) is 4.79 Å². The Bertz CT molecular complexity index is 403. The fourth-order valence-corrected chi connectivity index (χ4v) is 2.43. The molecule has 1 rings (SSSR count). The van der Waals surface area contributed by atoms with Gasteiger partial charge in [-0.25, -0.2) is 0 Å². The van der Waals surface area contributed by atoms with E-state index >= 15 is 0 Å². The van der Waals surface area contributed by atoms with Crippen LogP contribution in [0.2, 0.25) is 0 Å². The van der Waals surface area contributed by atoms with E-state index in [4.69, 9.17) is 5.73 Å². The summed E-state index contributed by atoms with van der Waals surface area (Å²) in [7, 11) is 1.80. The molecule has 102 valence electrons. The largest absolute Gasteiger partial charge is 0.340 e. The molecule has 0 aliphatic rings. The zero-order chi connectivity index (χ0) is 13.8. The Labute approximate surface area is 113 Å². The number of carbonyl (C=O) groups is 1. The molecule has 1 aromatic heterocycles. The number of aryl methyl sites for hydroxylation is 1. The van der Waals surface area contributed by atoms with Gasteiger partial charge in [0.15, 0.2) is 0 Å². The van der Waals surface area contributed by atoms with Gasteiger partial charge in [-0.3, -0.25) is 4.79 Å². The van der Waals surface area contributed by atoms with E-state index in [0.717, 1.165) is 18.5 Å². The molecular weight excluding hydrogens is 248 g/mol. The van der Waals surface area contributed by atoms with Crippen molar-refractivity contribution >= 4 is 17.4 Å². The molecule has 1 heterocycles. The number of nitrogens with two attached hydrogens (primary N) is 1. The average Bonchev–Trinajstić information content (AvgIpc) is 2.76. The molecule has 0 aromatic carbocycles. The van der Waals surface area contributed by atoms with Gasteiger partial charge in [-0.05, 0) is 29.9 Å². The summed E-state index contributed by atoms with van der Waals surface area (Å²) in [5.74, 6) is -0.00465. The van der Waals surface area contributed by atoms with Crippen LogP contribution in [0.15, 0.2) is 0 Å². The summed E-state index contributed by atoms with van der Waals surface area (Å²) in [6, 6.07) is 0. The third-order valence-electron chi connectivity index (χ3n) is 2.80. The monoisotopic (exact) mass is 270 g/mol. The van der Waals surface area contributed by atoms with Crippen molar-refractivity contribution < 1.29 is 4.79 Å². The molecule has 1 amide bonds. The van der Waals surface area contributed by atoms with E-state index < -0.39 is 0 Å². The standard InChI is InChI=1S/C12H22N4OS/c1-5-6-9-10(18-15-14-9)11(17)16(4)8-12(2,3)7-13/h5-8,13H2,1-4H3. The zero-order valence-electron chi connectivity index (χ0n) is 11.6. The van der Waals surface area contributed by atoms with Crippen LogP contribution in [0.3, 0.4) is 0 Å². The number of hydrogen-bond donors (Lipinski definition) is 1. The molecule has 0 aliphatic heterocycles. The summed E-state index contributed by atoms with van der Waals surface area (Å²) < 4.78 is 3.88. The minimum Gasteiger partial charge on any atom is -0.340 e. The Morgan fingerprint density at radius 1 is 1.50 bits per heavy atom. The first-order valence-electron chi connectivity index (χ1n) is 6.18. The van der Waals surface area contributed by atoms with E-state index in [2.05, 4.69) is 30.4 Å². The van der Waals surface area contributed by atoms with Crippen LogP contribution in [0.5, 0.6) is 0 Å². The Hall–Kier alpha value is -1.01. The van der Waals surface area contributed by atoms with Crippen molar-refractivity contribution in [1.82, 2.24) is 14.5 Å². The van der Waals surface area contributed by atoms with Crippen LogP contribution in [0.1, 0.15) is 42.6 Å². The van der Waals surface area contributed by atoms with Crippen LogP contribution in [-0.4, -0.2) is 40.5 Å². The lowest BCUT2D eigenvalue weighted by atomic mass is 9.93. The van der Waals surface area contributed by atoms with Gasteiger partial charge in [-0.1, -0.05) is 31.7 Å². The highest BCUT2D eigenvalue weighted by molar-refractivity contribution is 7.07. The van der Waals surface area contributed by atoms with E-state index in [1.165, 1.54) is 11.5 Å². The molecule has 2 N–H and O–H groups in total. The van der Waals surface area contributed by atoms with E-state index in [1.54, 1.807) is 11.9 Å². The fraction of sp³-hybridized carbons (Fsp3) is 0.750. The first kappa shape index (κ1) is 15.0. The Morgan fingerprint density at radius 2 is 2.17 bits per heavy atom. The second kappa shape index (κ2) is 6.24. The molecule has 0 aliphatic carbocycles. The molecule has 0 saturated carbocycles. The second-order valence-corrected chi connectivity index (χ2v) is 6.08. The molecule has 6 heteroatoms. The number of amides is 1. The molecule has 0 spiro atoms. The van der Waals surface area contributed by atoms with Crippen LogP contribution in [0, 0.1) is 5.41 Å². The molecule has 0 saturated heterocycles. The summed E-state index contributed by atoms with van der Waals surface area (Å²) >= 11 is 1.18. The summed E-state index contributed by atoms with van der Waals surface area (Å²) in [5, 5.41) is 4.02. The first-order valence-corrected chi connectivity index (χ1v) is 6.95. The molecule has 5 nitrogen and oxygen atoms in total. The van der Waals surface area contributed by atoms with Crippen LogP contribution in [-0.2, 0) is 6.42 Å². The van der Waals surface area contributed by atoms with Gasteiger partial charge in [0, 0.05) is 13.6 Å². The summed E-state index contributed by atoms with van der Waals surface area (Å²) in [6.07, 6.45) is 1.76. The molecule has 0 unspecified atom stereocenters. The minimum absolute atomic E-state index is 0.00465. The van der Waals surface area contributed by atoms with Gasteiger partial charge in [-0.2, -0.15) is 0 Å². The van der Waals surface area contributed by atoms with Gasteiger partial charge >= 0.3 is 0 Å². The quantitative estimate of drug-likeness (QED) is 0.851. The van der Waals surface area contributed by atoms with Crippen molar-refractivity contribution in [2.24, 2.45) is 11.1 Å². The maximum atomic E-state index is 12.3. The van der Waals surface area contributed by atoms with Gasteiger partial charge in [0.2, 0.25) is 0 Å². The first-order chi connectivity index (χ1) is 8.41. The zero-order valence-corrected chi connectivity index (χ0v) is 12.4. The number of hydrogen-bond acceptors (Lipinski definition) is 5. The van der Waals surface area contributed by atoms with Crippen molar-refractivity contribution in [2.45, 2.75) is 33.6 Å². The average molecular weight is 270 g/mol. The molecule has 0 radical (unpaired) electrons. The molecule has 18 heavy (non-hydrogen) atoms. The van der Waals surface area contributed by atoms with Gasteiger partial charge in [0.1, 0.15) is 4.88 Å². The van der Waals surface area contributed by atoms with E-state index in [-0.39, 0.29) is 11.3 Å². The molecule has 0 fully saturated rings. The van der Waals surface area contributed by atoms with Crippen molar-refractivity contribution in [3.63, 3.8) is 0 Å². The van der Waals surface area contributed by atoms with Crippen LogP contribution in [0.25, 0.3) is 0 Å². The van der Waals surface area contributed by atoms with Crippen molar-refractivity contribution in [3.8, 4) is 0 Å². The van der Waals surface area contributed by atoms with Gasteiger partial charge < -0.3 is 10.6 Å². The number of nitrogens with zero attached hydrogens (tertiary/aromatic N) is 3. The van der Waals surface area contributed by atoms with Crippen LogP contribution in [0.4, 0.5) is 0 Å². The topological polar surface area (TPSA) is 72.1 Å². The van der Waals surface area contributed by atoms with Gasteiger partial charge in [0.05, 0.1) is 5.69 Å². The third kappa shape index (κ3) is 3.74. The summed E-state index contributed by atoms with van der Waals surface area (Å²) in [5.41, 5.74) is 6.43. The van der Waals surface area contributed by atoms with Crippen LogP contribution >= 0.6 is 11.5 Å². The maximum Gasteiger partial charge on any atom is 0.267 e. The normalized spacial score (nSPS) is 11.6. The lowest BCUT2D eigenvalue weighted by Crippen LogP contribution is -2.39. The highest BCUT2D eigenvalue weighted by Crippen LogP contribution is 2.19. The van der Waals surface area contributed by atoms with Crippen molar-refractivity contribution in [2.75, 3.05) is 20.1 Å².